The zero-order chi connectivity index (χ0) is 41.3. The first kappa shape index (κ1) is 45.5. The molecule has 3 amide bonds. The normalized spacial score (nSPS) is 16.9. The van der Waals surface area contributed by atoms with Crippen LogP contribution in [0, 0.1) is 23.2 Å². The van der Waals surface area contributed by atoms with Crippen molar-refractivity contribution < 1.29 is 46.2 Å². The topological polar surface area (TPSA) is 123 Å². The van der Waals surface area contributed by atoms with Crippen molar-refractivity contribution >= 4 is 32.7 Å². The Labute approximate surface area is 326 Å². The van der Waals surface area contributed by atoms with E-state index in [9.17, 15) is 32.3 Å². The summed E-state index contributed by atoms with van der Waals surface area (Å²) in [5, 5.41) is 6.16. The molecule has 1 saturated heterocycles. The number of Topliss-reactive ketones (excluding diaryl/α,β-unsaturated/α-hetero) is 1. The van der Waals surface area contributed by atoms with Crippen LogP contribution in [0.25, 0.3) is 0 Å². The zero-order valence-electron chi connectivity index (χ0n) is 33.9. The molecule has 0 bridgehead atoms. The van der Waals surface area contributed by atoms with E-state index < -0.39 is 74.2 Å². The van der Waals surface area contributed by atoms with Crippen LogP contribution in [0.1, 0.15) is 91.9 Å². The smallest absolute Gasteiger partial charge is 0.444 e. The number of ether oxygens (including phenoxy) is 2. The van der Waals surface area contributed by atoms with Gasteiger partial charge >= 0.3 is 12.5 Å². The molecule has 2 aromatic rings. The maximum absolute atomic E-state index is 14.6. The van der Waals surface area contributed by atoms with E-state index in [-0.39, 0.29) is 56.4 Å². The number of amides is 3. The first-order valence-electron chi connectivity index (χ1n) is 19.1. The molecule has 0 aliphatic carbocycles. The Kier molecular flexibility index (Phi) is 16.0. The number of likely N-dealkylation sites (tertiary alicyclic amines) is 1. The Morgan fingerprint density at radius 3 is 1.95 bits per heavy atom. The van der Waals surface area contributed by atoms with Gasteiger partial charge in [-0.25, -0.2) is 4.79 Å². The number of piperidine rings is 1. The molecule has 10 nitrogen and oxygen atoms in total. The lowest BCUT2D eigenvalue weighted by molar-refractivity contribution is -0.274. The van der Waals surface area contributed by atoms with Crippen molar-refractivity contribution in [2.45, 2.75) is 124 Å². The fraction of sp³-hybridized carbons (Fsp3) is 0.610. The van der Waals surface area contributed by atoms with Crippen molar-refractivity contribution in [1.82, 2.24) is 15.5 Å². The maximum Gasteiger partial charge on any atom is 0.573 e. The number of nitrogens with zero attached hydrogens (tertiary/aromatic N) is 1. The SMILES string of the molecule is CC(C)[C@H](NC(=O)[C@@H](Cc1ccc(OC(F)(F)F)cc1)C[C@H]([C@H](NC(=O)OC(C)(C)C)C(O[SiH](C)C)c1ccccc1)C(C)(C)C)C(=O)N1CCC(=O)CC1. The highest BCUT2D eigenvalue weighted by atomic mass is 28.3. The van der Waals surface area contributed by atoms with Gasteiger partial charge in [0.2, 0.25) is 11.8 Å². The van der Waals surface area contributed by atoms with Crippen LogP contribution in [0.4, 0.5) is 18.0 Å². The fourth-order valence-corrected chi connectivity index (χ4v) is 7.75. The van der Waals surface area contributed by atoms with E-state index in [1.807, 2.05) is 78.0 Å². The number of carbonyl (C=O) groups is 4. The monoisotopic (exact) mass is 791 g/mol. The molecule has 1 heterocycles. The molecule has 0 spiro atoms. The van der Waals surface area contributed by atoms with E-state index in [0.29, 0.717) is 5.56 Å². The van der Waals surface area contributed by atoms with Crippen molar-refractivity contribution in [3.63, 3.8) is 0 Å². The summed E-state index contributed by atoms with van der Waals surface area (Å²) in [6, 6.07) is 13.4. The predicted molar refractivity (Wildman–Crippen MR) is 208 cm³/mol. The van der Waals surface area contributed by atoms with Gasteiger partial charge in [0.05, 0.1) is 12.1 Å². The molecule has 1 aliphatic heterocycles. The molecule has 1 unspecified atom stereocenters. The number of carbonyl (C=O) groups excluding carboxylic acids is 4. The average molecular weight is 792 g/mol. The van der Waals surface area contributed by atoms with Crippen LogP contribution >= 0.6 is 0 Å². The van der Waals surface area contributed by atoms with Crippen molar-refractivity contribution in [2.75, 3.05) is 13.1 Å². The van der Waals surface area contributed by atoms with Gasteiger partial charge in [-0.1, -0.05) is 77.1 Å². The Bertz CT molecular complexity index is 1560. The highest BCUT2D eigenvalue weighted by molar-refractivity contribution is 6.48. The Morgan fingerprint density at radius 2 is 1.45 bits per heavy atom. The molecule has 14 heteroatoms. The molecular formula is C41H60F3N3O7Si. The molecule has 3 rings (SSSR count). The first-order chi connectivity index (χ1) is 25.4. The minimum atomic E-state index is -4.86. The summed E-state index contributed by atoms with van der Waals surface area (Å²) >= 11 is 0. The third kappa shape index (κ3) is 14.9. The number of halogens is 3. The van der Waals surface area contributed by atoms with Gasteiger partial charge in [0.1, 0.15) is 23.2 Å². The van der Waals surface area contributed by atoms with Crippen LogP contribution in [-0.4, -0.2) is 74.8 Å². The van der Waals surface area contributed by atoms with Crippen molar-refractivity contribution in [1.29, 1.82) is 0 Å². The van der Waals surface area contributed by atoms with Crippen molar-refractivity contribution in [3.8, 4) is 5.75 Å². The summed E-state index contributed by atoms with van der Waals surface area (Å²) in [7, 11) is -1.76. The van der Waals surface area contributed by atoms with Gasteiger partial charge in [-0.3, -0.25) is 14.4 Å². The highest BCUT2D eigenvalue weighted by Crippen LogP contribution is 2.41. The quantitative estimate of drug-likeness (QED) is 0.177. The van der Waals surface area contributed by atoms with E-state index in [2.05, 4.69) is 15.4 Å². The lowest BCUT2D eigenvalue weighted by Crippen LogP contribution is -2.55. The van der Waals surface area contributed by atoms with Crippen LogP contribution in [0.2, 0.25) is 13.1 Å². The second kappa shape index (κ2) is 19.3. The summed E-state index contributed by atoms with van der Waals surface area (Å²) in [6.45, 7) is 19.7. The largest absolute Gasteiger partial charge is 0.573 e. The van der Waals surface area contributed by atoms with Crippen LogP contribution in [0.3, 0.4) is 0 Å². The van der Waals surface area contributed by atoms with Crippen molar-refractivity contribution in [2.24, 2.45) is 23.2 Å². The van der Waals surface area contributed by atoms with Gasteiger partial charge in [-0.15, -0.1) is 13.2 Å². The predicted octanol–water partition coefficient (Wildman–Crippen LogP) is 7.76. The molecule has 1 fully saturated rings. The van der Waals surface area contributed by atoms with Gasteiger partial charge in [0, 0.05) is 31.8 Å². The third-order valence-corrected chi connectivity index (χ3v) is 10.4. The summed E-state index contributed by atoms with van der Waals surface area (Å²) in [4.78, 5) is 55.6. The number of rotatable bonds is 15. The molecule has 0 radical (unpaired) electrons. The third-order valence-electron chi connectivity index (χ3n) is 9.51. The molecule has 0 saturated carbocycles. The van der Waals surface area contributed by atoms with E-state index in [0.717, 1.165) is 5.56 Å². The first-order valence-corrected chi connectivity index (χ1v) is 21.9. The molecule has 306 valence electrons. The number of alkyl halides is 3. The van der Waals surface area contributed by atoms with E-state index >= 15 is 0 Å². The molecule has 2 N–H and O–H groups in total. The number of hydrogen-bond acceptors (Lipinski definition) is 7. The van der Waals surface area contributed by atoms with Crippen LogP contribution < -0.4 is 15.4 Å². The summed E-state index contributed by atoms with van der Waals surface area (Å²) in [5.74, 6) is -2.55. The Morgan fingerprint density at radius 1 is 0.873 bits per heavy atom. The number of alkyl carbamates (subject to hydrolysis) is 1. The molecule has 55 heavy (non-hydrogen) atoms. The van der Waals surface area contributed by atoms with Crippen LogP contribution in [-0.2, 0) is 30.0 Å². The average Bonchev–Trinajstić information content (AvgIpc) is 3.06. The number of nitrogens with one attached hydrogen (secondary N) is 2. The minimum Gasteiger partial charge on any atom is -0.444 e. The van der Waals surface area contributed by atoms with E-state index in [1.165, 1.54) is 24.3 Å². The van der Waals surface area contributed by atoms with Crippen LogP contribution in [0.5, 0.6) is 5.75 Å². The molecule has 0 aromatic heterocycles. The minimum absolute atomic E-state index is 0.0848. The van der Waals surface area contributed by atoms with Gasteiger partial charge in [0.25, 0.3) is 0 Å². The lowest BCUT2D eigenvalue weighted by atomic mass is 9.69. The Hall–Kier alpha value is -3.91. The standard InChI is InChI=1S/C41H60F3N3O7Si/c1-26(2)33(37(50)47-22-20-30(48)21-23-47)45-36(49)29(24-27-16-18-31(19-17-27)52-41(42,43)44)25-32(39(3,4)5)34(46-38(51)53-40(6,7)8)35(54-55(9)10)28-14-12-11-13-15-28/h11-19,26,29,32-35,55H,20-25H2,1-10H3,(H,45,49)(H,46,51)/t29-,32+,33-,34-,35?/m0/s1. The highest BCUT2D eigenvalue weighted by Gasteiger charge is 2.43. The second-order valence-corrected chi connectivity index (χ2v) is 19.5. The molecule has 5 atom stereocenters. The van der Waals surface area contributed by atoms with E-state index in [4.69, 9.17) is 9.16 Å². The van der Waals surface area contributed by atoms with Gasteiger partial charge in [-0.05, 0) is 87.2 Å². The van der Waals surface area contributed by atoms with Crippen molar-refractivity contribution in [3.05, 3.63) is 65.7 Å². The summed E-state index contributed by atoms with van der Waals surface area (Å²) in [5.41, 5.74) is 0.0642. The number of benzene rings is 2. The number of hydrogen-bond donors (Lipinski definition) is 2. The molecule has 2 aromatic carbocycles. The van der Waals surface area contributed by atoms with Gasteiger partial charge in [-0.2, -0.15) is 0 Å². The van der Waals surface area contributed by atoms with Gasteiger partial charge < -0.3 is 29.4 Å². The second-order valence-electron chi connectivity index (χ2n) is 17.1. The fourth-order valence-electron chi connectivity index (χ4n) is 6.84. The maximum atomic E-state index is 14.6. The summed E-state index contributed by atoms with van der Waals surface area (Å²) in [6.07, 6.45) is -5.31. The molecule has 1 aliphatic rings. The zero-order valence-corrected chi connectivity index (χ0v) is 35.1. The van der Waals surface area contributed by atoms with E-state index in [1.54, 1.807) is 25.7 Å². The van der Waals surface area contributed by atoms with Gasteiger partial charge in [0.15, 0.2) is 9.04 Å². The van der Waals surface area contributed by atoms with Crippen LogP contribution in [0.15, 0.2) is 54.6 Å². The summed E-state index contributed by atoms with van der Waals surface area (Å²) < 4.78 is 55.5. The lowest BCUT2D eigenvalue weighted by Gasteiger charge is -2.43. The molecular weight excluding hydrogens is 732 g/mol. The Balaban J connectivity index is 2.13. The number of ketones is 1.